The molecule has 126 valence electrons. The molecule has 0 radical (unpaired) electrons. The maximum Gasteiger partial charge on any atom is 0.255 e. The molecule has 1 aliphatic rings. The Morgan fingerprint density at radius 2 is 2.00 bits per heavy atom. The Labute approximate surface area is 140 Å². The van der Waals surface area contributed by atoms with E-state index < -0.39 is 6.04 Å². The van der Waals surface area contributed by atoms with Crippen LogP contribution in [-0.4, -0.2) is 59.1 Å². The van der Waals surface area contributed by atoms with Gasteiger partial charge < -0.3 is 15.5 Å². The first-order valence-corrected chi connectivity index (χ1v) is 8.71. The summed E-state index contributed by atoms with van der Waals surface area (Å²) in [7, 11) is 0. The number of carbonyl (C=O) groups excluding carboxylic acids is 3. The SMILES string of the molecule is CCN(CC)C(=O)[C@@H]1C[C@H](N)CN1C(=O)c1csc(C(C)=O)c1. The third kappa shape index (κ3) is 3.61. The largest absolute Gasteiger partial charge is 0.341 e. The van der Waals surface area contributed by atoms with Crippen LogP contribution in [-0.2, 0) is 4.79 Å². The standard InChI is InChI=1S/C16H23N3O3S/c1-4-18(5-2)16(22)13-7-12(17)8-19(13)15(21)11-6-14(10(3)20)23-9-11/h6,9,12-13H,4-5,7-8,17H2,1-3H3/t12-,13-/m0/s1. The molecule has 1 aromatic heterocycles. The van der Waals surface area contributed by atoms with Crippen LogP contribution >= 0.6 is 11.3 Å². The summed E-state index contributed by atoms with van der Waals surface area (Å²) in [5.74, 6) is -0.353. The minimum atomic E-state index is -0.516. The molecule has 0 saturated carbocycles. The van der Waals surface area contributed by atoms with E-state index in [2.05, 4.69) is 0 Å². The van der Waals surface area contributed by atoms with Gasteiger partial charge in [0.15, 0.2) is 5.78 Å². The number of thiophene rings is 1. The van der Waals surface area contributed by atoms with Crippen LogP contribution in [0.5, 0.6) is 0 Å². The maximum atomic E-state index is 12.7. The van der Waals surface area contributed by atoms with E-state index in [0.29, 0.717) is 36.5 Å². The average Bonchev–Trinajstić information content (AvgIpc) is 3.14. The first-order chi connectivity index (χ1) is 10.9. The molecule has 2 heterocycles. The summed E-state index contributed by atoms with van der Waals surface area (Å²) in [6, 6.07) is 0.880. The molecule has 1 fully saturated rings. The van der Waals surface area contributed by atoms with Gasteiger partial charge >= 0.3 is 0 Å². The highest BCUT2D eigenvalue weighted by Crippen LogP contribution is 2.24. The average molecular weight is 337 g/mol. The van der Waals surface area contributed by atoms with Crippen LogP contribution in [0.25, 0.3) is 0 Å². The van der Waals surface area contributed by atoms with Crippen molar-refractivity contribution in [1.29, 1.82) is 0 Å². The fourth-order valence-electron chi connectivity index (χ4n) is 2.87. The molecule has 7 heteroatoms. The van der Waals surface area contributed by atoms with E-state index in [1.54, 1.807) is 21.2 Å². The Bertz CT molecular complexity index is 609. The molecule has 2 amide bonds. The molecular weight excluding hydrogens is 314 g/mol. The zero-order chi connectivity index (χ0) is 17.1. The molecular formula is C16H23N3O3S. The predicted octanol–water partition coefficient (Wildman–Crippen LogP) is 1.36. The molecule has 2 atom stereocenters. The topological polar surface area (TPSA) is 83.7 Å². The molecule has 2 rings (SSSR count). The molecule has 0 aliphatic carbocycles. The predicted molar refractivity (Wildman–Crippen MR) is 89.7 cm³/mol. The number of likely N-dealkylation sites (tertiary alicyclic amines) is 1. The summed E-state index contributed by atoms with van der Waals surface area (Å²) in [5, 5.41) is 1.67. The molecule has 1 saturated heterocycles. The van der Waals surface area contributed by atoms with Gasteiger partial charge in [0.1, 0.15) is 6.04 Å². The van der Waals surface area contributed by atoms with Crippen LogP contribution in [0.2, 0.25) is 0 Å². The van der Waals surface area contributed by atoms with Gasteiger partial charge in [0.25, 0.3) is 5.91 Å². The Kier molecular flexibility index (Phi) is 5.54. The van der Waals surface area contributed by atoms with Gasteiger partial charge in [-0.3, -0.25) is 14.4 Å². The lowest BCUT2D eigenvalue weighted by Crippen LogP contribution is -2.47. The van der Waals surface area contributed by atoms with E-state index in [1.165, 1.54) is 18.3 Å². The molecule has 0 spiro atoms. The Morgan fingerprint density at radius 1 is 1.35 bits per heavy atom. The second-order valence-electron chi connectivity index (χ2n) is 5.74. The third-order valence-electron chi connectivity index (χ3n) is 4.15. The van der Waals surface area contributed by atoms with Gasteiger partial charge in [-0.15, -0.1) is 11.3 Å². The number of hydrogen-bond donors (Lipinski definition) is 1. The van der Waals surface area contributed by atoms with Crippen molar-refractivity contribution in [2.75, 3.05) is 19.6 Å². The summed E-state index contributed by atoms with van der Waals surface area (Å²) in [5.41, 5.74) is 6.44. The number of nitrogens with zero attached hydrogens (tertiary/aromatic N) is 2. The van der Waals surface area contributed by atoms with Crippen molar-refractivity contribution in [3.05, 3.63) is 21.9 Å². The molecule has 0 unspecified atom stereocenters. The van der Waals surface area contributed by atoms with Crippen molar-refractivity contribution in [2.45, 2.75) is 39.3 Å². The van der Waals surface area contributed by atoms with Gasteiger partial charge in [-0.05, 0) is 33.3 Å². The summed E-state index contributed by atoms with van der Waals surface area (Å²) in [6.45, 7) is 6.88. The lowest BCUT2D eigenvalue weighted by Gasteiger charge is -2.28. The number of rotatable bonds is 5. The van der Waals surface area contributed by atoms with Crippen LogP contribution in [0.4, 0.5) is 0 Å². The number of ketones is 1. The van der Waals surface area contributed by atoms with Crippen LogP contribution in [0.15, 0.2) is 11.4 Å². The van der Waals surface area contributed by atoms with E-state index in [0.717, 1.165) is 0 Å². The Balaban J connectivity index is 2.22. The monoisotopic (exact) mass is 337 g/mol. The zero-order valence-electron chi connectivity index (χ0n) is 13.7. The number of nitrogens with two attached hydrogens (primary N) is 1. The second kappa shape index (κ2) is 7.23. The fourth-order valence-corrected chi connectivity index (χ4v) is 3.66. The van der Waals surface area contributed by atoms with Gasteiger partial charge in [-0.25, -0.2) is 0 Å². The summed E-state index contributed by atoms with van der Waals surface area (Å²) in [6.07, 6.45) is 0.477. The smallest absolute Gasteiger partial charge is 0.255 e. The van der Waals surface area contributed by atoms with E-state index in [-0.39, 0.29) is 23.6 Å². The summed E-state index contributed by atoms with van der Waals surface area (Å²) < 4.78 is 0. The highest BCUT2D eigenvalue weighted by atomic mass is 32.1. The first kappa shape index (κ1) is 17.6. The number of Topliss-reactive ketones (excluding diaryl/α,β-unsaturated/α-hetero) is 1. The zero-order valence-corrected chi connectivity index (χ0v) is 14.6. The third-order valence-corrected chi connectivity index (χ3v) is 5.18. The second-order valence-corrected chi connectivity index (χ2v) is 6.65. The number of hydrogen-bond acceptors (Lipinski definition) is 5. The van der Waals surface area contributed by atoms with Gasteiger partial charge in [0.05, 0.1) is 10.4 Å². The van der Waals surface area contributed by atoms with Crippen molar-refractivity contribution in [2.24, 2.45) is 5.73 Å². The number of amides is 2. The summed E-state index contributed by atoms with van der Waals surface area (Å²) >= 11 is 1.25. The van der Waals surface area contributed by atoms with Crippen molar-refractivity contribution in [3.63, 3.8) is 0 Å². The Hall–Kier alpha value is -1.73. The molecule has 1 aromatic rings. The van der Waals surface area contributed by atoms with Crippen molar-refractivity contribution >= 4 is 28.9 Å². The molecule has 6 nitrogen and oxygen atoms in total. The van der Waals surface area contributed by atoms with Crippen molar-refractivity contribution in [3.8, 4) is 0 Å². The van der Waals surface area contributed by atoms with E-state index in [1.807, 2.05) is 13.8 Å². The molecule has 1 aliphatic heterocycles. The van der Waals surface area contributed by atoms with Gasteiger partial charge in [0, 0.05) is 31.1 Å². The normalized spacial score (nSPS) is 20.6. The van der Waals surface area contributed by atoms with Crippen LogP contribution in [0, 0.1) is 0 Å². The minimum absolute atomic E-state index is 0.0571. The lowest BCUT2D eigenvalue weighted by molar-refractivity contribution is -0.134. The van der Waals surface area contributed by atoms with E-state index >= 15 is 0 Å². The van der Waals surface area contributed by atoms with E-state index in [4.69, 9.17) is 5.73 Å². The molecule has 23 heavy (non-hydrogen) atoms. The lowest BCUT2D eigenvalue weighted by atomic mass is 10.1. The maximum absolute atomic E-state index is 12.7. The van der Waals surface area contributed by atoms with Crippen LogP contribution in [0.3, 0.4) is 0 Å². The molecule has 0 aromatic carbocycles. The van der Waals surface area contributed by atoms with Gasteiger partial charge in [0.2, 0.25) is 5.91 Å². The van der Waals surface area contributed by atoms with Crippen LogP contribution in [0.1, 0.15) is 47.2 Å². The molecule has 0 bridgehead atoms. The van der Waals surface area contributed by atoms with Crippen LogP contribution < -0.4 is 5.73 Å². The quantitative estimate of drug-likeness (QED) is 0.822. The van der Waals surface area contributed by atoms with Crippen molar-refractivity contribution in [1.82, 2.24) is 9.80 Å². The van der Waals surface area contributed by atoms with Crippen molar-refractivity contribution < 1.29 is 14.4 Å². The number of likely N-dealkylation sites (N-methyl/N-ethyl adjacent to an activating group) is 1. The first-order valence-electron chi connectivity index (χ1n) is 7.83. The Morgan fingerprint density at radius 3 is 2.52 bits per heavy atom. The number of carbonyl (C=O) groups is 3. The minimum Gasteiger partial charge on any atom is -0.341 e. The van der Waals surface area contributed by atoms with E-state index in [9.17, 15) is 14.4 Å². The molecule has 2 N–H and O–H groups in total. The highest BCUT2D eigenvalue weighted by molar-refractivity contribution is 7.12. The fraction of sp³-hybridized carbons (Fsp3) is 0.562. The van der Waals surface area contributed by atoms with Gasteiger partial charge in [-0.2, -0.15) is 0 Å². The highest BCUT2D eigenvalue weighted by Gasteiger charge is 2.40. The van der Waals surface area contributed by atoms with Gasteiger partial charge in [-0.1, -0.05) is 0 Å². The summed E-state index contributed by atoms with van der Waals surface area (Å²) in [4.78, 5) is 40.6.